The summed E-state index contributed by atoms with van der Waals surface area (Å²) in [5.74, 6) is 0.193. The molecule has 3 nitrogen and oxygen atoms in total. The molecule has 1 atom stereocenters. The Balaban J connectivity index is 1.56. The van der Waals surface area contributed by atoms with Gasteiger partial charge in [0.25, 0.3) is 5.79 Å². The molecule has 4 aromatic carbocycles. The minimum atomic E-state index is -1.19. The highest BCUT2D eigenvalue weighted by molar-refractivity contribution is 5.63. The number of fused-ring (bicyclic) bond motifs is 1. The van der Waals surface area contributed by atoms with Crippen LogP contribution in [-0.4, -0.2) is 0 Å². The fourth-order valence-corrected chi connectivity index (χ4v) is 3.81. The summed E-state index contributed by atoms with van der Waals surface area (Å²) in [6.45, 7) is 0.797. The normalized spacial score (nSPS) is 17.1. The molecule has 4 aromatic rings. The molecule has 0 radical (unpaired) electrons. The van der Waals surface area contributed by atoms with Crippen molar-refractivity contribution in [2.45, 2.75) is 19.0 Å². The van der Waals surface area contributed by atoms with Crippen LogP contribution >= 0.6 is 0 Å². The van der Waals surface area contributed by atoms with Gasteiger partial charge in [-0.2, -0.15) is 0 Å². The van der Waals surface area contributed by atoms with Crippen molar-refractivity contribution in [1.29, 1.82) is 0 Å². The molecule has 1 unspecified atom stereocenters. The van der Waals surface area contributed by atoms with E-state index in [0.29, 0.717) is 19.0 Å². The van der Waals surface area contributed by atoms with Crippen LogP contribution in [0.25, 0.3) is 6.08 Å². The molecular weight excluding hydrogens is 396 g/mol. The first-order chi connectivity index (χ1) is 15.8. The molecule has 1 heterocycles. The standard InChI is InChI=1S/C29H24O3/c1-4-12-23(13-5-1)21-30-28-20-25-16-10-11-19-27(25)32-29(28,26-17-8-3-9-18-26)31-22-24-14-6-2-7-15-24/h1-20H,21-22H2. The summed E-state index contributed by atoms with van der Waals surface area (Å²) in [5.41, 5.74) is 3.99. The number of hydrogen-bond acceptors (Lipinski definition) is 3. The highest BCUT2D eigenvalue weighted by Gasteiger charge is 2.45. The Hall–Kier alpha value is -3.82. The molecule has 0 aromatic heterocycles. The van der Waals surface area contributed by atoms with E-state index in [4.69, 9.17) is 14.2 Å². The summed E-state index contributed by atoms with van der Waals surface area (Å²) in [4.78, 5) is 0. The van der Waals surface area contributed by atoms with E-state index in [1.54, 1.807) is 0 Å². The van der Waals surface area contributed by atoms with Gasteiger partial charge in [-0.15, -0.1) is 0 Å². The lowest BCUT2D eigenvalue weighted by molar-refractivity contribution is -0.199. The highest BCUT2D eigenvalue weighted by Crippen LogP contribution is 2.44. The lowest BCUT2D eigenvalue weighted by Crippen LogP contribution is -2.41. The number of para-hydroxylation sites is 1. The molecule has 1 aliphatic rings. The third-order valence-electron chi connectivity index (χ3n) is 5.46. The maximum atomic E-state index is 6.61. The van der Waals surface area contributed by atoms with Crippen LogP contribution in [0.4, 0.5) is 0 Å². The van der Waals surface area contributed by atoms with Gasteiger partial charge in [0.05, 0.1) is 6.61 Å². The minimum Gasteiger partial charge on any atom is -0.486 e. The van der Waals surface area contributed by atoms with Crippen LogP contribution in [0, 0.1) is 0 Å². The van der Waals surface area contributed by atoms with Gasteiger partial charge in [-0.1, -0.05) is 109 Å². The molecule has 0 fully saturated rings. The lowest BCUT2D eigenvalue weighted by atomic mass is 9.98. The van der Waals surface area contributed by atoms with Crippen LogP contribution in [0.1, 0.15) is 22.3 Å². The van der Waals surface area contributed by atoms with Crippen LogP contribution in [0.3, 0.4) is 0 Å². The van der Waals surface area contributed by atoms with Gasteiger partial charge in [0, 0.05) is 11.1 Å². The van der Waals surface area contributed by atoms with Crippen molar-refractivity contribution in [2.75, 3.05) is 0 Å². The molecule has 0 saturated heterocycles. The van der Waals surface area contributed by atoms with Crippen molar-refractivity contribution < 1.29 is 14.2 Å². The molecule has 1 aliphatic heterocycles. The fourth-order valence-electron chi connectivity index (χ4n) is 3.81. The van der Waals surface area contributed by atoms with E-state index in [-0.39, 0.29) is 0 Å². The van der Waals surface area contributed by atoms with Gasteiger partial charge in [0.1, 0.15) is 12.4 Å². The summed E-state index contributed by atoms with van der Waals surface area (Å²) in [6, 6.07) is 38.2. The average molecular weight is 421 g/mol. The van der Waals surface area contributed by atoms with Crippen molar-refractivity contribution in [3.8, 4) is 5.75 Å². The fraction of sp³-hybridized carbons (Fsp3) is 0.103. The van der Waals surface area contributed by atoms with E-state index in [2.05, 4.69) is 0 Å². The van der Waals surface area contributed by atoms with Gasteiger partial charge in [-0.3, -0.25) is 0 Å². The van der Waals surface area contributed by atoms with E-state index >= 15 is 0 Å². The smallest absolute Gasteiger partial charge is 0.296 e. The third kappa shape index (κ3) is 4.16. The van der Waals surface area contributed by atoms with Gasteiger partial charge in [0.2, 0.25) is 0 Å². The lowest BCUT2D eigenvalue weighted by Gasteiger charge is -2.39. The van der Waals surface area contributed by atoms with Crippen LogP contribution < -0.4 is 4.74 Å². The number of benzene rings is 4. The van der Waals surface area contributed by atoms with E-state index in [0.717, 1.165) is 28.0 Å². The van der Waals surface area contributed by atoms with Crippen LogP contribution in [-0.2, 0) is 28.5 Å². The molecule has 0 spiro atoms. The van der Waals surface area contributed by atoms with E-state index in [1.165, 1.54) is 0 Å². The van der Waals surface area contributed by atoms with Crippen molar-refractivity contribution in [3.63, 3.8) is 0 Å². The van der Waals surface area contributed by atoms with Crippen LogP contribution in [0.2, 0.25) is 0 Å². The van der Waals surface area contributed by atoms with E-state index in [1.807, 2.05) is 121 Å². The van der Waals surface area contributed by atoms with Crippen molar-refractivity contribution >= 4 is 6.08 Å². The topological polar surface area (TPSA) is 27.7 Å². The predicted octanol–water partition coefficient (Wildman–Crippen LogP) is 6.71. The molecule has 0 amide bonds. The summed E-state index contributed by atoms with van der Waals surface area (Å²) in [6.07, 6.45) is 2.03. The van der Waals surface area contributed by atoms with E-state index in [9.17, 15) is 0 Å². The Kier molecular flexibility index (Phi) is 5.73. The number of rotatable bonds is 7. The zero-order valence-electron chi connectivity index (χ0n) is 17.7. The maximum Gasteiger partial charge on any atom is 0.296 e. The number of ether oxygens (including phenoxy) is 3. The Morgan fingerprint density at radius 3 is 1.84 bits per heavy atom. The summed E-state index contributed by atoms with van der Waals surface area (Å²) in [5, 5.41) is 0. The zero-order chi connectivity index (χ0) is 21.6. The Labute approximate surface area is 188 Å². The Morgan fingerprint density at radius 1 is 0.594 bits per heavy atom. The second-order valence-corrected chi connectivity index (χ2v) is 7.68. The summed E-state index contributed by atoms with van der Waals surface area (Å²) >= 11 is 0. The molecule has 5 rings (SSSR count). The van der Waals surface area contributed by atoms with Gasteiger partial charge in [0.15, 0.2) is 5.76 Å². The maximum absolute atomic E-state index is 6.61. The first-order valence-corrected chi connectivity index (χ1v) is 10.7. The average Bonchev–Trinajstić information content (AvgIpc) is 2.87. The summed E-state index contributed by atoms with van der Waals surface area (Å²) in [7, 11) is 0. The zero-order valence-corrected chi connectivity index (χ0v) is 17.7. The first-order valence-electron chi connectivity index (χ1n) is 10.7. The second-order valence-electron chi connectivity index (χ2n) is 7.68. The molecule has 3 heteroatoms. The van der Waals surface area contributed by atoms with Crippen molar-refractivity contribution in [2.24, 2.45) is 0 Å². The molecule has 0 N–H and O–H groups in total. The van der Waals surface area contributed by atoms with Gasteiger partial charge in [-0.25, -0.2) is 0 Å². The van der Waals surface area contributed by atoms with Gasteiger partial charge in [-0.05, 0) is 23.3 Å². The van der Waals surface area contributed by atoms with Gasteiger partial charge >= 0.3 is 0 Å². The van der Waals surface area contributed by atoms with E-state index < -0.39 is 5.79 Å². The second kappa shape index (κ2) is 9.13. The van der Waals surface area contributed by atoms with Gasteiger partial charge < -0.3 is 14.2 Å². The molecule has 0 aliphatic carbocycles. The predicted molar refractivity (Wildman–Crippen MR) is 126 cm³/mol. The SMILES string of the molecule is C1=C(OCc2ccccc2)C(OCc2ccccc2)(c2ccccc2)Oc2ccccc21. The largest absolute Gasteiger partial charge is 0.486 e. The Bertz CT molecular complexity index is 1190. The number of hydrogen-bond donors (Lipinski definition) is 0. The first kappa shape index (κ1) is 20.1. The quantitative estimate of drug-likeness (QED) is 0.333. The molecular formula is C29H24O3. The molecule has 0 bridgehead atoms. The van der Waals surface area contributed by atoms with Crippen molar-refractivity contribution in [3.05, 3.63) is 143 Å². The van der Waals surface area contributed by atoms with Crippen molar-refractivity contribution in [1.82, 2.24) is 0 Å². The van der Waals surface area contributed by atoms with Crippen LogP contribution in [0.5, 0.6) is 5.75 Å². The third-order valence-corrected chi connectivity index (χ3v) is 5.46. The minimum absolute atomic E-state index is 0.379. The summed E-state index contributed by atoms with van der Waals surface area (Å²) < 4.78 is 19.6. The molecule has 32 heavy (non-hydrogen) atoms. The highest BCUT2D eigenvalue weighted by atomic mass is 16.7. The monoisotopic (exact) mass is 420 g/mol. The Morgan fingerprint density at radius 2 is 1.16 bits per heavy atom. The molecule has 158 valence electrons. The molecule has 0 saturated carbocycles. The van der Waals surface area contributed by atoms with Crippen LogP contribution in [0.15, 0.2) is 121 Å².